The molecule has 3 heterocycles. The van der Waals surface area contributed by atoms with Crippen molar-refractivity contribution >= 4 is 11.7 Å². The Morgan fingerprint density at radius 1 is 1.10 bits per heavy atom. The van der Waals surface area contributed by atoms with Gasteiger partial charge in [0.05, 0.1) is 20.3 Å². The van der Waals surface area contributed by atoms with Crippen LogP contribution in [0.15, 0.2) is 24.3 Å². The molecule has 0 aliphatic carbocycles. The normalized spacial score (nSPS) is 21.3. The number of hydrogen-bond acceptors (Lipinski definition) is 5. The van der Waals surface area contributed by atoms with Crippen molar-refractivity contribution in [2.45, 2.75) is 43.9 Å². The van der Waals surface area contributed by atoms with E-state index in [9.17, 15) is 18.0 Å². The third-order valence-corrected chi connectivity index (χ3v) is 5.86. The lowest BCUT2D eigenvalue weighted by atomic mass is 9.96. The van der Waals surface area contributed by atoms with E-state index in [2.05, 4.69) is 10.4 Å². The highest BCUT2D eigenvalue weighted by molar-refractivity contribution is 5.93. The van der Waals surface area contributed by atoms with Crippen molar-refractivity contribution in [1.29, 1.82) is 0 Å². The van der Waals surface area contributed by atoms with Crippen LogP contribution in [0.1, 0.15) is 53.8 Å². The fraction of sp³-hybridized carbons (Fsp3) is 0.524. The van der Waals surface area contributed by atoms with Gasteiger partial charge in [0.1, 0.15) is 5.82 Å². The number of hydrogen-bond donors (Lipinski definition) is 1. The summed E-state index contributed by atoms with van der Waals surface area (Å²) >= 11 is 0. The van der Waals surface area contributed by atoms with Gasteiger partial charge in [-0.05, 0) is 37.0 Å². The second-order valence-electron chi connectivity index (χ2n) is 7.82. The number of benzene rings is 1. The number of rotatable bonds is 4. The monoisotopic (exact) mass is 438 g/mol. The largest absolute Gasteiger partial charge is 0.493 e. The Labute approximate surface area is 178 Å². The van der Waals surface area contributed by atoms with Gasteiger partial charge in [0.15, 0.2) is 23.2 Å². The lowest BCUT2D eigenvalue weighted by Crippen LogP contribution is -2.37. The highest BCUT2D eigenvalue weighted by Crippen LogP contribution is 2.44. The van der Waals surface area contributed by atoms with E-state index in [-0.39, 0.29) is 23.8 Å². The van der Waals surface area contributed by atoms with Gasteiger partial charge < -0.3 is 19.7 Å². The molecule has 31 heavy (non-hydrogen) atoms. The first kappa shape index (κ1) is 21.3. The smallest absolute Gasteiger partial charge is 0.410 e. The van der Waals surface area contributed by atoms with Crippen LogP contribution in [0.2, 0.25) is 0 Å². The van der Waals surface area contributed by atoms with Gasteiger partial charge in [-0.15, -0.1) is 0 Å². The number of alkyl halides is 3. The van der Waals surface area contributed by atoms with Gasteiger partial charge in [-0.1, -0.05) is 6.07 Å². The summed E-state index contributed by atoms with van der Waals surface area (Å²) in [6, 6.07) is 3.98. The standard InChI is InChI=1S/C21H25F3N4O3/c1-30-16-7-6-13(10-17(16)31-2)14-11-18(21(22,23)24)28-19(25-14)12-15(26-28)20(29)27-8-4-3-5-9-27/h6-7,10,12,14,18,25H,3-5,8-9,11H2,1-2H3. The van der Waals surface area contributed by atoms with Crippen molar-refractivity contribution in [2.75, 3.05) is 32.6 Å². The Kier molecular flexibility index (Phi) is 5.72. The molecule has 0 spiro atoms. The van der Waals surface area contributed by atoms with Gasteiger partial charge in [0.25, 0.3) is 5.91 Å². The van der Waals surface area contributed by atoms with Crippen molar-refractivity contribution in [2.24, 2.45) is 0 Å². The lowest BCUT2D eigenvalue weighted by molar-refractivity contribution is -0.173. The second kappa shape index (κ2) is 8.32. The van der Waals surface area contributed by atoms with Gasteiger partial charge in [-0.25, -0.2) is 4.68 Å². The van der Waals surface area contributed by atoms with Crippen LogP contribution in [-0.4, -0.2) is 54.1 Å². The quantitative estimate of drug-likeness (QED) is 0.776. The number of nitrogens with one attached hydrogen (secondary N) is 1. The number of likely N-dealkylation sites (tertiary alicyclic amines) is 1. The number of carbonyl (C=O) groups excluding carboxylic acids is 1. The van der Waals surface area contributed by atoms with Crippen LogP contribution in [0.3, 0.4) is 0 Å². The first-order valence-corrected chi connectivity index (χ1v) is 10.3. The van der Waals surface area contributed by atoms with E-state index in [0.29, 0.717) is 30.2 Å². The molecule has 0 saturated carbocycles. The van der Waals surface area contributed by atoms with E-state index in [1.54, 1.807) is 23.1 Å². The Balaban J connectivity index is 1.66. The van der Waals surface area contributed by atoms with E-state index >= 15 is 0 Å². The van der Waals surface area contributed by atoms with E-state index in [1.165, 1.54) is 20.3 Å². The molecule has 1 aromatic heterocycles. The fourth-order valence-corrected chi connectivity index (χ4v) is 4.23. The van der Waals surface area contributed by atoms with Crippen LogP contribution in [0.5, 0.6) is 11.5 Å². The summed E-state index contributed by atoms with van der Waals surface area (Å²) in [4.78, 5) is 14.4. The number of anilines is 1. The molecule has 2 unspecified atom stereocenters. The van der Waals surface area contributed by atoms with Crippen LogP contribution < -0.4 is 14.8 Å². The molecule has 1 amide bonds. The molecule has 2 aliphatic heterocycles. The van der Waals surface area contributed by atoms with Crippen molar-refractivity contribution in [3.63, 3.8) is 0 Å². The topological polar surface area (TPSA) is 68.6 Å². The third kappa shape index (κ3) is 4.15. The number of fused-ring (bicyclic) bond motifs is 1. The fourth-order valence-electron chi connectivity index (χ4n) is 4.23. The summed E-state index contributed by atoms with van der Waals surface area (Å²) in [5.41, 5.74) is 0.662. The molecule has 7 nitrogen and oxygen atoms in total. The minimum absolute atomic E-state index is 0.0339. The molecule has 0 radical (unpaired) electrons. The van der Waals surface area contributed by atoms with Gasteiger partial charge in [-0.2, -0.15) is 18.3 Å². The Bertz CT molecular complexity index is 954. The molecule has 2 aromatic rings. The summed E-state index contributed by atoms with van der Waals surface area (Å²) in [6.45, 7) is 1.21. The van der Waals surface area contributed by atoms with Gasteiger partial charge in [0, 0.05) is 25.6 Å². The highest BCUT2D eigenvalue weighted by Gasteiger charge is 2.47. The number of nitrogens with zero attached hydrogens (tertiary/aromatic N) is 3. The maximum atomic E-state index is 13.9. The molecule has 0 bridgehead atoms. The van der Waals surface area contributed by atoms with Gasteiger partial charge >= 0.3 is 6.18 Å². The Hall–Kier alpha value is -2.91. The highest BCUT2D eigenvalue weighted by atomic mass is 19.4. The molecule has 1 fully saturated rings. The molecular weight excluding hydrogens is 413 g/mol. The van der Waals surface area contributed by atoms with E-state index < -0.39 is 18.3 Å². The van der Waals surface area contributed by atoms with Crippen molar-refractivity contribution in [1.82, 2.24) is 14.7 Å². The van der Waals surface area contributed by atoms with Gasteiger partial charge in [-0.3, -0.25) is 4.79 Å². The third-order valence-electron chi connectivity index (χ3n) is 5.86. The summed E-state index contributed by atoms with van der Waals surface area (Å²) < 4.78 is 53.1. The average molecular weight is 438 g/mol. The molecule has 2 aliphatic rings. The van der Waals surface area contributed by atoms with E-state index in [0.717, 1.165) is 23.9 Å². The molecule has 1 aromatic carbocycles. The maximum Gasteiger partial charge on any atom is 0.410 e. The zero-order valence-corrected chi connectivity index (χ0v) is 17.4. The molecule has 4 rings (SSSR count). The Morgan fingerprint density at radius 3 is 2.45 bits per heavy atom. The van der Waals surface area contributed by atoms with Crippen LogP contribution in [-0.2, 0) is 0 Å². The van der Waals surface area contributed by atoms with Crippen LogP contribution in [0.25, 0.3) is 0 Å². The van der Waals surface area contributed by atoms with Crippen LogP contribution in [0, 0.1) is 0 Å². The molecule has 1 saturated heterocycles. The zero-order valence-electron chi connectivity index (χ0n) is 17.4. The maximum absolute atomic E-state index is 13.9. The lowest BCUT2D eigenvalue weighted by Gasteiger charge is -2.33. The van der Waals surface area contributed by atoms with Gasteiger partial charge in [0.2, 0.25) is 0 Å². The average Bonchev–Trinajstić information content (AvgIpc) is 3.21. The molecule has 10 heteroatoms. The minimum atomic E-state index is -4.51. The summed E-state index contributed by atoms with van der Waals surface area (Å²) in [5.74, 6) is 0.778. The van der Waals surface area contributed by atoms with Crippen molar-refractivity contribution < 1.29 is 27.4 Å². The van der Waals surface area contributed by atoms with Crippen molar-refractivity contribution in [3.8, 4) is 11.5 Å². The summed E-state index contributed by atoms with van der Waals surface area (Å²) in [6.07, 6.45) is -1.93. The van der Waals surface area contributed by atoms with Crippen molar-refractivity contribution in [3.05, 3.63) is 35.5 Å². The predicted octanol–water partition coefficient (Wildman–Crippen LogP) is 4.19. The predicted molar refractivity (Wildman–Crippen MR) is 108 cm³/mol. The number of aromatic nitrogens is 2. The number of carbonyl (C=O) groups is 1. The summed E-state index contributed by atoms with van der Waals surface area (Å²) in [5, 5.41) is 7.18. The minimum Gasteiger partial charge on any atom is -0.493 e. The SMILES string of the molecule is COc1ccc(C2CC(C(F)(F)F)n3nc(C(=O)N4CCCCC4)cc3N2)cc1OC. The van der Waals surface area contributed by atoms with E-state index in [4.69, 9.17) is 9.47 Å². The molecule has 168 valence electrons. The number of amides is 1. The molecule has 1 N–H and O–H groups in total. The number of piperidine rings is 1. The second-order valence-corrected chi connectivity index (χ2v) is 7.82. The molecular formula is C21H25F3N4O3. The summed E-state index contributed by atoms with van der Waals surface area (Å²) in [7, 11) is 2.97. The zero-order chi connectivity index (χ0) is 22.2. The van der Waals surface area contributed by atoms with Crippen LogP contribution in [0.4, 0.5) is 19.0 Å². The first-order valence-electron chi connectivity index (χ1n) is 10.3. The van der Waals surface area contributed by atoms with Crippen LogP contribution >= 0.6 is 0 Å². The number of methoxy groups -OCH3 is 2. The number of halogens is 3. The number of ether oxygens (including phenoxy) is 2. The first-order chi connectivity index (χ1) is 14.8. The van der Waals surface area contributed by atoms with E-state index in [1.807, 2.05) is 0 Å². The Morgan fingerprint density at radius 2 is 1.81 bits per heavy atom. The molecule has 2 atom stereocenters.